The Bertz CT molecular complexity index is 822. The molecule has 1 aromatic heterocycles. The van der Waals surface area contributed by atoms with E-state index >= 15 is 0 Å². The van der Waals surface area contributed by atoms with Crippen molar-refractivity contribution in [2.24, 2.45) is 5.92 Å². The number of hydrogen-bond acceptors (Lipinski definition) is 3. The molecular weight excluding hydrogens is 442 g/mol. The van der Waals surface area contributed by atoms with Crippen LogP contribution in [-0.2, 0) is 5.75 Å². The first-order valence-electron chi connectivity index (χ1n) is 8.70. The summed E-state index contributed by atoms with van der Waals surface area (Å²) in [5.41, 5.74) is 3.14. The summed E-state index contributed by atoms with van der Waals surface area (Å²) in [6, 6.07) is 3.68. The Hall–Kier alpha value is -0.580. The summed E-state index contributed by atoms with van der Waals surface area (Å²) < 4.78 is 0. The number of nitrogens with zero attached hydrogens (tertiary/aromatic N) is 2. The van der Waals surface area contributed by atoms with E-state index < -0.39 is 0 Å². The van der Waals surface area contributed by atoms with Gasteiger partial charge in [0.05, 0.1) is 20.1 Å². The Morgan fingerprint density at radius 1 is 1.11 bits per heavy atom. The van der Waals surface area contributed by atoms with E-state index in [1.165, 1.54) is 24.6 Å². The molecule has 3 rings (SSSR count). The predicted molar refractivity (Wildman–Crippen MR) is 119 cm³/mol. The minimum atomic E-state index is 0.396. The van der Waals surface area contributed by atoms with Crippen LogP contribution in [0.25, 0.3) is 5.70 Å². The third-order valence-electron chi connectivity index (χ3n) is 4.75. The molecule has 1 aliphatic heterocycles. The fourth-order valence-electron chi connectivity index (χ4n) is 3.02. The lowest BCUT2D eigenvalue weighted by atomic mass is 9.98. The van der Waals surface area contributed by atoms with Crippen LogP contribution in [-0.4, -0.2) is 23.0 Å². The number of aromatic nitrogens is 1. The van der Waals surface area contributed by atoms with Gasteiger partial charge in [0, 0.05) is 47.4 Å². The molecule has 0 aliphatic carbocycles. The fraction of sp³-hybridized carbons (Fsp3) is 0.350. The number of pyridine rings is 1. The van der Waals surface area contributed by atoms with Crippen molar-refractivity contribution < 1.29 is 0 Å². The lowest BCUT2D eigenvalue weighted by molar-refractivity contribution is 0.268. The fourth-order valence-corrected chi connectivity index (χ4v) is 5.21. The van der Waals surface area contributed by atoms with Gasteiger partial charge >= 0.3 is 0 Å². The number of benzene rings is 1. The van der Waals surface area contributed by atoms with Crippen molar-refractivity contribution in [2.45, 2.75) is 30.4 Å². The molecule has 0 bridgehead atoms. The number of halogens is 4. The largest absolute Gasteiger partial charge is 0.371 e. The molecular formula is C20H20Cl4N2S. The topological polar surface area (TPSA) is 16.1 Å². The lowest BCUT2D eigenvalue weighted by Gasteiger charge is -2.33. The third kappa shape index (κ3) is 5.07. The van der Waals surface area contributed by atoms with Gasteiger partial charge in [0.1, 0.15) is 0 Å². The van der Waals surface area contributed by atoms with Crippen LogP contribution in [0.5, 0.6) is 0 Å². The molecule has 0 saturated carbocycles. The second-order valence-corrected chi connectivity index (χ2v) is 9.34. The van der Waals surface area contributed by atoms with Gasteiger partial charge < -0.3 is 4.90 Å². The lowest BCUT2D eigenvalue weighted by Crippen LogP contribution is -2.31. The van der Waals surface area contributed by atoms with E-state index in [4.69, 9.17) is 46.4 Å². The van der Waals surface area contributed by atoms with Crippen LogP contribution in [0.4, 0.5) is 0 Å². The highest BCUT2D eigenvalue weighted by atomic mass is 35.5. The second kappa shape index (κ2) is 9.28. The zero-order chi connectivity index (χ0) is 19.6. The second-order valence-electron chi connectivity index (χ2n) is 6.78. The molecule has 0 N–H and O–H groups in total. The van der Waals surface area contributed by atoms with Crippen LogP contribution < -0.4 is 0 Å². The Kier molecular flexibility index (Phi) is 7.26. The molecule has 0 atom stereocenters. The van der Waals surface area contributed by atoms with E-state index in [-0.39, 0.29) is 0 Å². The van der Waals surface area contributed by atoms with Crippen LogP contribution in [0.1, 0.15) is 30.9 Å². The molecule has 1 aromatic carbocycles. The quantitative estimate of drug-likeness (QED) is 0.335. The molecule has 1 fully saturated rings. The van der Waals surface area contributed by atoms with E-state index in [9.17, 15) is 0 Å². The Morgan fingerprint density at radius 2 is 1.74 bits per heavy atom. The number of hydrogen-bond donors (Lipinski definition) is 0. The number of rotatable bonds is 5. The highest BCUT2D eigenvalue weighted by molar-refractivity contribution is 7.98. The van der Waals surface area contributed by atoms with Crippen LogP contribution in [0.3, 0.4) is 0 Å². The van der Waals surface area contributed by atoms with Gasteiger partial charge in [-0.1, -0.05) is 59.9 Å². The van der Waals surface area contributed by atoms with Gasteiger partial charge in [0.15, 0.2) is 0 Å². The monoisotopic (exact) mass is 460 g/mol. The molecule has 1 saturated heterocycles. The summed E-state index contributed by atoms with van der Waals surface area (Å²) in [7, 11) is 0. The Morgan fingerprint density at radius 3 is 2.37 bits per heavy atom. The van der Waals surface area contributed by atoms with E-state index in [0.29, 0.717) is 30.7 Å². The molecule has 7 heteroatoms. The van der Waals surface area contributed by atoms with Crippen molar-refractivity contribution in [3.05, 3.63) is 62.3 Å². The molecule has 1 aliphatic rings. The third-order valence-corrected chi connectivity index (χ3v) is 7.72. The van der Waals surface area contributed by atoms with Crippen molar-refractivity contribution >= 4 is 63.9 Å². The molecule has 2 heterocycles. The summed E-state index contributed by atoms with van der Waals surface area (Å²) in [5, 5.41) is 1.64. The van der Waals surface area contributed by atoms with Crippen LogP contribution in [0.2, 0.25) is 20.1 Å². The van der Waals surface area contributed by atoms with Crippen molar-refractivity contribution in [1.29, 1.82) is 0 Å². The summed E-state index contributed by atoms with van der Waals surface area (Å²) in [6.45, 7) is 8.68. The molecule has 144 valence electrons. The minimum Gasteiger partial charge on any atom is -0.371 e. The van der Waals surface area contributed by atoms with Crippen molar-refractivity contribution in [3.8, 4) is 0 Å². The maximum Gasteiger partial charge on any atom is 0.0744 e. The first kappa shape index (κ1) is 21.1. The Labute approximate surface area is 184 Å². The molecule has 0 spiro atoms. The first-order chi connectivity index (χ1) is 12.9. The number of piperidine rings is 1. The van der Waals surface area contributed by atoms with Gasteiger partial charge in [-0.3, -0.25) is 4.98 Å². The molecule has 2 aromatic rings. The van der Waals surface area contributed by atoms with Gasteiger partial charge in [0.25, 0.3) is 0 Å². The zero-order valence-corrected chi connectivity index (χ0v) is 18.8. The molecule has 0 unspecified atom stereocenters. The van der Waals surface area contributed by atoms with Crippen molar-refractivity contribution in [2.75, 3.05) is 13.1 Å². The van der Waals surface area contributed by atoms with Gasteiger partial charge in [-0.05, 0) is 36.5 Å². The predicted octanol–water partition coefficient (Wildman–Crippen LogP) is 7.69. The SMILES string of the molecule is C=C(c1cncc(CSc2c(Cl)c(Cl)cc(Cl)c2Cl)c1)N1CCC(C)CC1. The summed E-state index contributed by atoms with van der Waals surface area (Å²) >= 11 is 26.3. The molecule has 2 nitrogen and oxygen atoms in total. The van der Waals surface area contributed by atoms with Gasteiger partial charge in [-0.15, -0.1) is 11.8 Å². The van der Waals surface area contributed by atoms with Gasteiger partial charge in [-0.2, -0.15) is 0 Å². The average Bonchev–Trinajstić information content (AvgIpc) is 2.67. The molecule has 0 radical (unpaired) electrons. The van der Waals surface area contributed by atoms with E-state index in [0.717, 1.165) is 35.8 Å². The normalized spacial score (nSPS) is 15.2. The van der Waals surface area contributed by atoms with Crippen molar-refractivity contribution in [1.82, 2.24) is 9.88 Å². The number of thioether (sulfide) groups is 1. The highest BCUT2D eigenvalue weighted by Crippen LogP contribution is 2.43. The number of likely N-dealkylation sites (tertiary alicyclic amines) is 1. The smallest absolute Gasteiger partial charge is 0.0744 e. The van der Waals surface area contributed by atoms with Crippen LogP contribution in [0, 0.1) is 5.92 Å². The highest BCUT2D eigenvalue weighted by Gasteiger charge is 2.18. The summed E-state index contributed by atoms with van der Waals surface area (Å²) in [4.78, 5) is 7.42. The van der Waals surface area contributed by atoms with E-state index in [1.807, 2.05) is 12.4 Å². The van der Waals surface area contributed by atoms with Gasteiger partial charge in [0.2, 0.25) is 0 Å². The van der Waals surface area contributed by atoms with Crippen molar-refractivity contribution in [3.63, 3.8) is 0 Å². The minimum absolute atomic E-state index is 0.396. The van der Waals surface area contributed by atoms with Crippen LogP contribution in [0.15, 0.2) is 36.0 Å². The molecule has 27 heavy (non-hydrogen) atoms. The van der Waals surface area contributed by atoms with E-state index in [2.05, 4.69) is 29.5 Å². The maximum absolute atomic E-state index is 6.30. The first-order valence-corrected chi connectivity index (χ1v) is 11.2. The maximum atomic E-state index is 6.30. The summed E-state index contributed by atoms with van der Waals surface area (Å²) in [6.07, 6.45) is 6.11. The average molecular weight is 462 g/mol. The summed E-state index contributed by atoms with van der Waals surface area (Å²) in [5.74, 6) is 1.44. The standard InChI is InChI=1S/C20H20Cl4N2S/c1-12-3-5-26(6-4-12)13(2)15-7-14(9-25-10-15)11-27-20-18(23)16(21)8-17(22)19(20)24/h7-10,12H,2-6,11H2,1H3. The van der Waals surface area contributed by atoms with Gasteiger partial charge in [-0.25, -0.2) is 0 Å². The zero-order valence-electron chi connectivity index (χ0n) is 14.9. The molecule has 0 amide bonds. The Balaban J connectivity index is 1.73. The van der Waals surface area contributed by atoms with E-state index in [1.54, 1.807) is 6.07 Å². The van der Waals surface area contributed by atoms with Crippen LogP contribution >= 0.6 is 58.2 Å².